The van der Waals surface area contributed by atoms with Gasteiger partial charge in [-0.2, -0.15) is 0 Å². The summed E-state index contributed by atoms with van der Waals surface area (Å²) < 4.78 is 5.23. The second-order valence-corrected chi connectivity index (χ2v) is 10.8. The molecule has 160 valence electrons. The summed E-state index contributed by atoms with van der Waals surface area (Å²) in [5, 5.41) is 11.0. The Labute approximate surface area is 173 Å². The van der Waals surface area contributed by atoms with Gasteiger partial charge in [0.25, 0.3) is 0 Å². The Kier molecular flexibility index (Phi) is 4.36. The average molecular weight is 402 g/mol. The van der Waals surface area contributed by atoms with Crippen molar-refractivity contribution in [3.8, 4) is 0 Å². The third kappa shape index (κ3) is 2.24. The summed E-state index contributed by atoms with van der Waals surface area (Å²) in [6.07, 6.45) is 5.82. The van der Waals surface area contributed by atoms with E-state index in [9.17, 15) is 14.7 Å². The van der Waals surface area contributed by atoms with E-state index in [2.05, 4.69) is 11.9 Å². The van der Waals surface area contributed by atoms with Crippen LogP contribution < -0.4 is 0 Å². The van der Waals surface area contributed by atoms with Crippen molar-refractivity contribution in [3.63, 3.8) is 0 Å². The minimum Gasteiger partial charge on any atom is -0.469 e. The van der Waals surface area contributed by atoms with Crippen LogP contribution in [0.1, 0.15) is 52.4 Å². The monoisotopic (exact) mass is 401 g/mol. The maximum atomic E-state index is 13.2. The van der Waals surface area contributed by atoms with Gasteiger partial charge in [-0.3, -0.25) is 9.59 Å². The number of rotatable bonds is 4. The van der Waals surface area contributed by atoms with E-state index in [1.165, 1.54) is 12.7 Å². The molecule has 1 spiro atoms. The molecule has 0 aromatic heterocycles. The SMILES string of the molecule is COC(=O)C1CC23CN(C)C4C(C(=O)C(C)C)CC2(CO)C4CCC2=C3C1CC2. The van der Waals surface area contributed by atoms with E-state index in [1.54, 1.807) is 5.57 Å². The Bertz CT molecular complexity index is 788. The Hall–Kier alpha value is -1.20. The molecule has 5 heteroatoms. The fraction of sp³-hybridized carbons (Fsp3) is 0.833. The second kappa shape index (κ2) is 6.40. The molecular formula is C24H35NO4. The van der Waals surface area contributed by atoms with Crippen molar-refractivity contribution in [1.82, 2.24) is 4.90 Å². The van der Waals surface area contributed by atoms with Crippen LogP contribution in [0, 0.1) is 40.4 Å². The lowest BCUT2D eigenvalue weighted by atomic mass is 9.53. The van der Waals surface area contributed by atoms with Gasteiger partial charge in [0, 0.05) is 41.9 Å². The zero-order valence-electron chi connectivity index (χ0n) is 18.2. The van der Waals surface area contributed by atoms with Gasteiger partial charge in [0.05, 0.1) is 13.0 Å². The number of Topliss-reactive ketones (excluding diaryl/α,β-unsaturated/α-hetero) is 1. The van der Waals surface area contributed by atoms with Crippen LogP contribution >= 0.6 is 0 Å². The first-order chi connectivity index (χ1) is 13.8. The molecule has 0 radical (unpaired) electrons. The number of aliphatic hydroxyl groups is 1. The summed E-state index contributed by atoms with van der Waals surface area (Å²) >= 11 is 0. The zero-order valence-corrected chi connectivity index (χ0v) is 18.2. The minimum atomic E-state index is -0.276. The van der Waals surface area contributed by atoms with Crippen molar-refractivity contribution >= 4 is 11.8 Å². The average Bonchev–Trinajstić information content (AvgIpc) is 3.32. The molecule has 4 bridgehead atoms. The maximum absolute atomic E-state index is 13.2. The first-order valence-electron chi connectivity index (χ1n) is 11.5. The molecule has 1 saturated heterocycles. The molecule has 29 heavy (non-hydrogen) atoms. The molecule has 2 saturated carbocycles. The highest BCUT2D eigenvalue weighted by Gasteiger charge is 2.74. The van der Waals surface area contributed by atoms with E-state index in [-0.39, 0.29) is 53.1 Å². The molecule has 0 aromatic rings. The Morgan fingerprint density at radius 1 is 1.21 bits per heavy atom. The number of likely N-dealkylation sites (tertiary alicyclic amines) is 1. The Morgan fingerprint density at radius 2 is 1.93 bits per heavy atom. The van der Waals surface area contributed by atoms with Crippen LogP contribution in [0.5, 0.6) is 0 Å². The van der Waals surface area contributed by atoms with Crippen LogP contribution in [-0.2, 0) is 14.3 Å². The molecule has 5 rings (SSSR count). The normalized spacial score (nSPS) is 45.5. The topological polar surface area (TPSA) is 66.8 Å². The quantitative estimate of drug-likeness (QED) is 0.580. The number of methoxy groups -OCH3 is 1. The maximum Gasteiger partial charge on any atom is 0.309 e. The number of carbonyl (C=O) groups excluding carboxylic acids is 2. The lowest BCUT2D eigenvalue weighted by Gasteiger charge is -2.56. The highest BCUT2D eigenvalue weighted by molar-refractivity contribution is 5.84. The van der Waals surface area contributed by atoms with Gasteiger partial charge in [0.15, 0.2) is 0 Å². The first kappa shape index (κ1) is 19.7. The van der Waals surface area contributed by atoms with Crippen molar-refractivity contribution in [3.05, 3.63) is 11.1 Å². The summed E-state index contributed by atoms with van der Waals surface area (Å²) in [4.78, 5) is 28.4. The number of ketones is 1. The molecule has 1 aliphatic heterocycles. The number of esters is 1. The zero-order chi connectivity index (χ0) is 20.7. The Morgan fingerprint density at radius 3 is 2.59 bits per heavy atom. The number of ether oxygens (including phenoxy) is 1. The number of aliphatic hydroxyl groups excluding tert-OH is 1. The van der Waals surface area contributed by atoms with Crippen molar-refractivity contribution in [2.75, 3.05) is 27.3 Å². The summed E-state index contributed by atoms with van der Waals surface area (Å²) in [5.74, 6) is 0.762. The lowest BCUT2D eigenvalue weighted by Crippen LogP contribution is -2.60. The smallest absolute Gasteiger partial charge is 0.309 e. The summed E-state index contributed by atoms with van der Waals surface area (Å²) in [5.41, 5.74) is 2.59. The molecule has 1 heterocycles. The number of nitrogens with zero attached hydrogens (tertiary/aromatic N) is 1. The molecule has 1 N–H and O–H groups in total. The fourth-order valence-electron chi connectivity index (χ4n) is 8.81. The number of hydrogen-bond donors (Lipinski definition) is 1. The number of carbonyl (C=O) groups is 2. The standard InChI is InChI=1S/C24H35NO4/c1-13(2)21(27)17-10-24(12-26)18-8-6-14-5-7-15-16(22(28)29-4)9-23(24,19(14)15)11-25(3)20(17)18/h13,15-18,20,26H,5-12H2,1-4H3. The number of piperidine rings is 1. The molecule has 7 unspecified atom stereocenters. The van der Waals surface area contributed by atoms with Gasteiger partial charge in [0.2, 0.25) is 0 Å². The molecule has 5 nitrogen and oxygen atoms in total. The van der Waals surface area contributed by atoms with Crippen molar-refractivity contribution < 1.29 is 19.4 Å². The molecule has 7 atom stereocenters. The van der Waals surface area contributed by atoms with E-state index in [0.29, 0.717) is 11.7 Å². The summed E-state index contributed by atoms with van der Waals surface area (Å²) in [7, 11) is 3.67. The van der Waals surface area contributed by atoms with E-state index >= 15 is 0 Å². The Balaban J connectivity index is 1.68. The lowest BCUT2D eigenvalue weighted by molar-refractivity contribution is -0.148. The van der Waals surface area contributed by atoms with Crippen LogP contribution in [0.25, 0.3) is 0 Å². The van der Waals surface area contributed by atoms with Crippen molar-refractivity contribution in [1.29, 1.82) is 0 Å². The van der Waals surface area contributed by atoms with E-state index in [1.807, 2.05) is 13.8 Å². The number of hydrogen-bond acceptors (Lipinski definition) is 5. The molecule has 3 fully saturated rings. The van der Waals surface area contributed by atoms with E-state index in [0.717, 1.165) is 45.1 Å². The van der Waals surface area contributed by atoms with E-state index in [4.69, 9.17) is 4.74 Å². The van der Waals surface area contributed by atoms with Gasteiger partial charge in [0.1, 0.15) is 5.78 Å². The molecular weight excluding hydrogens is 366 g/mol. The van der Waals surface area contributed by atoms with Gasteiger partial charge in [-0.15, -0.1) is 0 Å². The summed E-state index contributed by atoms with van der Waals surface area (Å²) in [6.45, 7) is 4.99. The van der Waals surface area contributed by atoms with Gasteiger partial charge in [-0.1, -0.05) is 25.0 Å². The predicted molar refractivity (Wildman–Crippen MR) is 109 cm³/mol. The third-order valence-corrected chi connectivity index (χ3v) is 9.66. The second-order valence-electron chi connectivity index (χ2n) is 10.8. The van der Waals surface area contributed by atoms with Crippen LogP contribution in [0.2, 0.25) is 0 Å². The minimum absolute atomic E-state index is 0.00398. The molecule has 5 aliphatic rings. The van der Waals surface area contributed by atoms with Gasteiger partial charge in [-0.25, -0.2) is 0 Å². The highest BCUT2D eigenvalue weighted by Crippen LogP contribution is 2.74. The molecule has 0 amide bonds. The summed E-state index contributed by atoms with van der Waals surface area (Å²) in [6, 6.07) is 0.221. The molecule has 0 aromatic carbocycles. The predicted octanol–water partition coefficient (Wildman–Crippen LogP) is 2.82. The van der Waals surface area contributed by atoms with Crippen LogP contribution in [-0.4, -0.2) is 55.1 Å². The van der Waals surface area contributed by atoms with Crippen LogP contribution in [0.3, 0.4) is 0 Å². The highest BCUT2D eigenvalue weighted by atomic mass is 16.5. The van der Waals surface area contributed by atoms with Crippen LogP contribution in [0.15, 0.2) is 11.1 Å². The number of allylic oxidation sites excluding steroid dienone is 1. The van der Waals surface area contributed by atoms with Gasteiger partial charge in [-0.05, 0) is 57.4 Å². The third-order valence-electron chi connectivity index (χ3n) is 9.66. The fourth-order valence-corrected chi connectivity index (χ4v) is 8.81. The largest absolute Gasteiger partial charge is 0.469 e. The molecule has 4 aliphatic carbocycles. The van der Waals surface area contributed by atoms with Crippen LogP contribution in [0.4, 0.5) is 0 Å². The van der Waals surface area contributed by atoms with E-state index < -0.39 is 0 Å². The van der Waals surface area contributed by atoms with Gasteiger partial charge >= 0.3 is 5.97 Å². The first-order valence-corrected chi connectivity index (χ1v) is 11.5. The van der Waals surface area contributed by atoms with Crippen molar-refractivity contribution in [2.45, 2.75) is 58.4 Å². The van der Waals surface area contributed by atoms with Gasteiger partial charge < -0.3 is 14.7 Å². The van der Waals surface area contributed by atoms with Crippen molar-refractivity contribution in [2.24, 2.45) is 40.4 Å².